The van der Waals surface area contributed by atoms with E-state index in [9.17, 15) is 0 Å². The summed E-state index contributed by atoms with van der Waals surface area (Å²) in [7, 11) is 0. The van der Waals surface area contributed by atoms with Crippen molar-refractivity contribution in [3.63, 3.8) is 0 Å². The van der Waals surface area contributed by atoms with E-state index in [1.54, 1.807) is 0 Å². The Hall–Kier alpha value is -5.39. The van der Waals surface area contributed by atoms with E-state index in [0.717, 1.165) is 83.4 Å². The third-order valence-electron chi connectivity index (χ3n) is 8.79. The summed E-state index contributed by atoms with van der Waals surface area (Å²) >= 11 is 7.13. The van der Waals surface area contributed by atoms with E-state index in [-0.39, 0.29) is 0 Å². The standard InChI is InChI=1S/C42H25O2PS/c46-45-36-25-13-23-32(28-15-5-1-6-16-28)38(36)43-40-34(30-19-9-3-10-20-30)27-35(31-21-11-4-12-22-31)41(42(40)45)44-39-33(24-14-26-37(39)45)29-17-7-2-8-18-29/h1-7,9-17,19-27H/t45-/m0/s1. The average Bonchev–Trinajstić information content (AvgIpc) is 3.13. The second kappa shape index (κ2) is 10.6. The van der Waals surface area contributed by atoms with Gasteiger partial charge in [0.1, 0.15) is 23.0 Å². The minimum Gasteiger partial charge on any atom is -0.454 e. The molecule has 216 valence electrons. The first-order valence-electron chi connectivity index (χ1n) is 15.2. The molecule has 0 unspecified atom stereocenters. The zero-order chi connectivity index (χ0) is 30.7. The van der Waals surface area contributed by atoms with Gasteiger partial charge in [0.25, 0.3) is 0 Å². The molecule has 46 heavy (non-hydrogen) atoms. The lowest BCUT2D eigenvalue weighted by Gasteiger charge is -2.40. The molecule has 7 aromatic rings. The lowest BCUT2D eigenvalue weighted by molar-refractivity contribution is 0.470. The van der Waals surface area contributed by atoms with Gasteiger partial charge in [-0.25, -0.2) is 0 Å². The van der Waals surface area contributed by atoms with Crippen LogP contribution in [0.3, 0.4) is 0 Å². The van der Waals surface area contributed by atoms with Crippen molar-refractivity contribution in [2.45, 2.75) is 0 Å². The van der Waals surface area contributed by atoms with E-state index in [2.05, 4.69) is 127 Å². The van der Waals surface area contributed by atoms with Crippen molar-refractivity contribution >= 4 is 33.8 Å². The molecule has 0 N–H and O–H groups in total. The van der Waals surface area contributed by atoms with E-state index < -0.39 is 6.04 Å². The molecule has 4 heteroatoms. The van der Waals surface area contributed by atoms with Gasteiger partial charge >= 0.3 is 0 Å². The van der Waals surface area contributed by atoms with Crippen molar-refractivity contribution in [3.8, 4) is 67.5 Å². The highest BCUT2D eigenvalue weighted by molar-refractivity contribution is 8.26. The molecular weight excluding hydrogens is 600 g/mol. The number of hydrogen-bond donors (Lipinski definition) is 0. The number of rotatable bonds is 4. The Bertz CT molecular complexity index is 2160. The zero-order valence-corrected chi connectivity index (χ0v) is 26.3. The van der Waals surface area contributed by atoms with Crippen LogP contribution in [0.15, 0.2) is 152 Å². The highest BCUT2D eigenvalue weighted by atomic mass is 32.4. The molecule has 0 aliphatic carbocycles. The molecule has 0 saturated carbocycles. The Balaban J connectivity index is 1.44. The molecule has 2 aliphatic heterocycles. The lowest BCUT2D eigenvalue weighted by atomic mass is 9.96. The molecule has 0 radical (unpaired) electrons. The predicted molar refractivity (Wildman–Crippen MR) is 192 cm³/mol. The number of ether oxygens (including phenoxy) is 2. The largest absolute Gasteiger partial charge is 0.454 e. The number of hydrogen-bond acceptors (Lipinski definition) is 3. The Labute approximate surface area is 273 Å². The van der Waals surface area contributed by atoms with Crippen LogP contribution in [-0.2, 0) is 11.8 Å². The summed E-state index contributed by atoms with van der Waals surface area (Å²) in [6, 6.07) is 55.8. The van der Waals surface area contributed by atoms with Crippen LogP contribution >= 0.6 is 6.04 Å². The molecule has 0 bridgehead atoms. The molecule has 0 aromatic heterocycles. The number of benzene rings is 6. The molecule has 1 atom stereocenters. The Morgan fingerprint density at radius 1 is 0.457 bits per heavy atom. The van der Waals surface area contributed by atoms with Crippen molar-refractivity contribution in [2.24, 2.45) is 0 Å². The summed E-state index contributed by atoms with van der Waals surface area (Å²) in [4.78, 5) is 0. The maximum atomic E-state index is 7.15. The van der Waals surface area contributed by atoms with E-state index in [1.807, 2.05) is 36.4 Å². The van der Waals surface area contributed by atoms with E-state index in [0.29, 0.717) is 0 Å². The third-order valence-corrected chi connectivity index (χ3v) is 13.6. The molecule has 0 fully saturated rings. The minimum absolute atomic E-state index is 0.764. The van der Waals surface area contributed by atoms with Gasteiger partial charge in [-0.1, -0.05) is 139 Å². The Kier molecular flexibility index (Phi) is 6.22. The van der Waals surface area contributed by atoms with Crippen LogP contribution in [0.5, 0.6) is 23.0 Å². The van der Waals surface area contributed by atoms with Crippen molar-refractivity contribution in [3.05, 3.63) is 164 Å². The van der Waals surface area contributed by atoms with Gasteiger partial charge in [0.15, 0.2) is 0 Å². The topological polar surface area (TPSA) is 18.5 Å². The summed E-state index contributed by atoms with van der Waals surface area (Å²) in [5, 5.41) is 3.02. The van der Waals surface area contributed by atoms with Gasteiger partial charge in [0.05, 0.1) is 11.3 Å². The molecule has 7 aromatic carbocycles. The van der Waals surface area contributed by atoms with Crippen LogP contribution in [-0.4, -0.2) is 0 Å². The Morgan fingerprint density at radius 3 is 1.48 bits per heavy atom. The van der Waals surface area contributed by atoms with Crippen LogP contribution in [0.25, 0.3) is 44.5 Å². The third kappa shape index (κ3) is 4.02. The quantitative estimate of drug-likeness (QED) is 0.182. The first kappa shape index (κ1) is 27.0. The van der Waals surface area contributed by atoms with Crippen LogP contribution in [0, 0.1) is 12.1 Å². The molecular formula is C42H25O2PS. The predicted octanol–water partition coefficient (Wildman–Crippen LogP) is 9.92. The molecule has 0 spiro atoms. The normalized spacial score (nSPS) is 13.2. The van der Waals surface area contributed by atoms with Crippen molar-refractivity contribution < 1.29 is 9.47 Å². The van der Waals surface area contributed by atoms with Crippen LogP contribution in [0.2, 0.25) is 0 Å². The van der Waals surface area contributed by atoms with Gasteiger partial charge in [-0.15, -0.1) is 0 Å². The zero-order valence-electron chi connectivity index (χ0n) is 24.6. The summed E-state index contributed by atoms with van der Waals surface area (Å²) in [6.45, 7) is 0. The molecule has 2 nitrogen and oxygen atoms in total. The maximum Gasteiger partial charge on any atom is 0.148 e. The fourth-order valence-corrected chi connectivity index (χ4v) is 11.2. The first-order valence-corrected chi connectivity index (χ1v) is 18.0. The SMILES string of the molecule is S=[P@@]12c3cccc(-c4c#cccc4)c3Oc3c(-c4ccccc4)cc(-c4ccccc4)c(c31)Oc1c(-c3ccccc3)cccc12. The monoisotopic (exact) mass is 624 g/mol. The van der Waals surface area contributed by atoms with E-state index in [1.165, 1.54) is 0 Å². The summed E-state index contributed by atoms with van der Waals surface area (Å²) in [5.74, 6) is 3.14. The molecule has 2 aliphatic rings. The van der Waals surface area contributed by atoms with Gasteiger partial charge in [-0.2, -0.15) is 0 Å². The highest BCUT2D eigenvalue weighted by Gasteiger charge is 2.46. The number of para-hydroxylation sites is 2. The fourth-order valence-electron chi connectivity index (χ4n) is 6.69. The van der Waals surface area contributed by atoms with Gasteiger partial charge in [0, 0.05) is 38.4 Å². The molecule has 0 amide bonds. The summed E-state index contributed by atoms with van der Waals surface area (Å²) in [6.07, 6.45) is 0. The fraction of sp³-hybridized carbons (Fsp3) is 0. The second-order valence-electron chi connectivity index (χ2n) is 11.4. The molecule has 0 saturated heterocycles. The highest BCUT2D eigenvalue weighted by Crippen LogP contribution is 2.63. The maximum absolute atomic E-state index is 7.15. The van der Waals surface area contributed by atoms with E-state index >= 15 is 0 Å². The first-order chi connectivity index (χ1) is 22.7. The van der Waals surface area contributed by atoms with Gasteiger partial charge in [-0.05, 0) is 53.1 Å². The lowest BCUT2D eigenvalue weighted by Crippen LogP contribution is -2.36. The van der Waals surface area contributed by atoms with E-state index in [4.69, 9.17) is 21.3 Å². The van der Waals surface area contributed by atoms with Crippen LogP contribution in [0.1, 0.15) is 0 Å². The van der Waals surface area contributed by atoms with Crippen molar-refractivity contribution in [1.82, 2.24) is 0 Å². The van der Waals surface area contributed by atoms with Crippen molar-refractivity contribution in [2.75, 3.05) is 0 Å². The average molecular weight is 625 g/mol. The van der Waals surface area contributed by atoms with Crippen LogP contribution < -0.4 is 25.4 Å². The second-order valence-corrected chi connectivity index (χ2v) is 15.7. The van der Waals surface area contributed by atoms with Gasteiger partial charge in [-0.3, -0.25) is 0 Å². The smallest absolute Gasteiger partial charge is 0.148 e. The molecule has 2 heterocycles. The summed E-state index contributed by atoms with van der Waals surface area (Å²) in [5.41, 5.74) is 8.08. The van der Waals surface area contributed by atoms with Crippen LogP contribution in [0.4, 0.5) is 0 Å². The number of fused-ring (bicyclic) bond motifs is 4. The minimum atomic E-state index is -2.75. The Morgan fingerprint density at radius 2 is 0.957 bits per heavy atom. The van der Waals surface area contributed by atoms with Gasteiger partial charge < -0.3 is 9.47 Å². The molecule has 9 rings (SSSR count). The van der Waals surface area contributed by atoms with Crippen molar-refractivity contribution in [1.29, 1.82) is 0 Å². The summed E-state index contributed by atoms with van der Waals surface area (Å²) < 4.78 is 14.3. The van der Waals surface area contributed by atoms with Gasteiger partial charge in [0.2, 0.25) is 0 Å².